The Morgan fingerprint density at radius 1 is 1.19 bits per heavy atom. The first-order valence-corrected chi connectivity index (χ1v) is 7.92. The molecule has 0 aliphatic rings. The summed E-state index contributed by atoms with van der Waals surface area (Å²) in [5.41, 5.74) is 1.50. The average molecular weight is 357 g/mol. The van der Waals surface area contributed by atoms with Crippen molar-refractivity contribution < 1.29 is 18.3 Å². The molecule has 0 bridgehead atoms. The zero-order valence-corrected chi connectivity index (χ0v) is 14.2. The molecule has 0 radical (unpaired) electrons. The van der Waals surface area contributed by atoms with Crippen molar-refractivity contribution in [2.75, 3.05) is 7.11 Å². The predicted octanol–water partition coefficient (Wildman–Crippen LogP) is 3.65. The standard InChI is InChI=1S/C19H17F2N3O2/c1-12(13-3-8-18(26-2)16(21)9-13)23-19(25)17-10-22-11-24(17)15-6-4-14(20)5-7-15/h3-12H,1-2H3,(H,23,25)/t12-/m0/s1. The number of halogens is 2. The SMILES string of the molecule is COc1ccc([C@H](C)NC(=O)c2cncn2-c2ccc(F)cc2)cc1F. The number of imidazole rings is 1. The molecule has 0 spiro atoms. The number of rotatable bonds is 5. The van der Waals surface area contributed by atoms with Crippen LogP contribution in [-0.4, -0.2) is 22.6 Å². The number of methoxy groups -OCH3 is 1. The summed E-state index contributed by atoms with van der Waals surface area (Å²) in [6.07, 6.45) is 2.89. The fourth-order valence-corrected chi connectivity index (χ4v) is 2.58. The first kappa shape index (κ1) is 17.6. The highest BCUT2D eigenvalue weighted by atomic mass is 19.1. The molecule has 3 aromatic rings. The molecule has 1 atom stereocenters. The van der Waals surface area contributed by atoms with Gasteiger partial charge in [-0.2, -0.15) is 0 Å². The van der Waals surface area contributed by atoms with Gasteiger partial charge in [0.1, 0.15) is 11.5 Å². The van der Waals surface area contributed by atoms with Crippen LogP contribution in [0.3, 0.4) is 0 Å². The molecular formula is C19H17F2N3O2. The van der Waals surface area contributed by atoms with E-state index in [4.69, 9.17) is 4.74 Å². The first-order valence-electron chi connectivity index (χ1n) is 7.92. The molecule has 26 heavy (non-hydrogen) atoms. The number of hydrogen-bond acceptors (Lipinski definition) is 3. The lowest BCUT2D eigenvalue weighted by atomic mass is 10.1. The summed E-state index contributed by atoms with van der Waals surface area (Å²) in [7, 11) is 1.39. The Morgan fingerprint density at radius 2 is 1.92 bits per heavy atom. The molecule has 3 rings (SSSR count). The second-order valence-electron chi connectivity index (χ2n) is 5.71. The van der Waals surface area contributed by atoms with E-state index in [-0.39, 0.29) is 23.2 Å². The van der Waals surface area contributed by atoms with E-state index in [1.54, 1.807) is 29.7 Å². The number of amides is 1. The van der Waals surface area contributed by atoms with Gasteiger partial charge in [0.25, 0.3) is 5.91 Å². The van der Waals surface area contributed by atoms with Crippen molar-refractivity contribution in [2.45, 2.75) is 13.0 Å². The van der Waals surface area contributed by atoms with Gasteiger partial charge in [-0.1, -0.05) is 6.07 Å². The van der Waals surface area contributed by atoms with Crippen molar-refractivity contribution in [3.63, 3.8) is 0 Å². The maximum Gasteiger partial charge on any atom is 0.270 e. The summed E-state index contributed by atoms with van der Waals surface area (Å²) in [5.74, 6) is -1.10. The van der Waals surface area contributed by atoms with Crippen molar-refractivity contribution in [1.82, 2.24) is 14.9 Å². The molecular weight excluding hydrogens is 340 g/mol. The molecule has 1 N–H and O–H groups in total. The molecule has 1 aromatic heterocycles. The van der Waals surface area contributed by atoms with Crippen LogP contribution in [-0.2, 0) is 0 Å². The van der Waals surface area contributed by atoms with Crippen molar-refractivity contribution in [3.8, 4) is 11.4 Å². The second-order valence-corrected chi connectivity index (χ2v) is 5.71. The maximum absolute atomic E-state index is 13.9. The van der Waals surface area contributed by atoms with Crippen LogP contribution in [0.4, 0.5) is 8.78 Å². The highest BCUT2D eigenvalue weighted by Gasteiger charge is 2.17. The Morgan fingerprint density at radius 3 is 2.58 bits per heavy atom. The van der Waals surface area contributed by atoms with E-state index in [1.807, 2.05) is 0 Å². The molecule has 0 aliphatic heterocycles. The van der Waals surface area contributed by atoms with Crippen LogP contribution in [0.5, 0.6) is 5.75 Å². The van der Waals surface area contributed by atoms with Gasteiger partial charge in [-0.05, 0) is 48.9 Å². The smallest absolute Gasteiger partial charge is 0.270 e. The van der Waals surface area contributed by atoms with Gasteiger partial charge in [-0.15, -0.1) is 0 Å². The zero-order chi connectivity index (χ0) is 18.7. The number of carbonyl (C=O) groups excluding carboxylic acids is 1. The summed E-state index contributed by atoms with van der Waals surface area (Å²) < 4.78 is 33.4. The normalized spacial score (nSPS) is 11.8. The van der Waals surface area contributed by atoms with E-state index in [1.165, 1.54) is 43.9 Å². The number of carbonyl (C=O) groups is 1. The Labute approximate surface area is 149 Å². The molecule has 134 valence electrons. The molecule has 0 fully saturated rings. The van der Waals surface area contributed by atoms with E-state index in [0.717, 1.165) is 0 Å². The highest BCUT2D eigenvalue weighted by Crippen LogP contribution is 2.22. The van der Waals surface area contributed by atoms with Crippen molar-refractivity contribution in [3.05, 3.63) is 77.9 Å². The van der Waals surface area contributed by atoms with Gasteiger partial charge in [0.2, 0.25) is 0 Å². The Kier molecular flexibility index (Phi) is 4.97. The van der Waals surface area contributed by atoms with Gasteiger partial charge >= 0.3 is 0 Å². The minimum Gasteiger partial charge on any atom is -0.494 e. The van der Waals surface area contributed by atoms with Crippen LogP contribution < -0.4 is 10.1 Å². The number of aromatic nitrogens is 2. The van der Waals surface area contributed by atoms with E-state index < -0.39 is 11.9 Å². The van der Waals surface area contributed by atoms with Crippen LogP contribution >= 0.6 is 0 Å². The monoisotopic (exact) mass is 357 g/mol. The van der Waals surface area contributed by atoms with Gasteiger partial charge in [0, 0.05) is 5.69 Å². The van der Waals surface area contributed by atoms with E-state index in [0.29, 0.717) is 11.3 Å². The fraction of sp³-hybridized carbons (Fsp3) is 0.158. The van der Waals surface area contributed by atoms with Gasteiger partial charge < -0.3 is 10.1 Å². The third kappa shape index (κ3) is 3.56. The van der Waals surface area contributed by atoms with E-state index in [9.17, 15) is 13.6 Å². The lowest BCUT2D eigenvalue weighted by Gasteiger charge is -2.16. The largest absolute Gasteiger partial charge is 0.494 e. The van der Waals surface area contributed by atoms with Crippen molar-refractivity contribution in [2.24, 2.45) is 0 Å². The number of hydrogen-bond donors (Lipinski definition) is 1. The van der Waals surface area contributed by atoms with Gasteiger partial charge in [-0.3, -0.25) is 9.36 Å². The third-order valence-corrected chi connectivity index (χ3v) is 4.00. The molecule has 0 saturated carbocycles. The number of nitrogens with zero attached hydrogens (tertiary/aromatic N) is 2. The quantitative estimate of drug-likeness (QED) is 0.758. The lowest BCUT2D eigenvalue weighted by Crippen LogP contribution is -2.28. The minimum absolute atomic E-state index is 0.140. The average Bonchev–Trinajstić information content (AvgIpc) is 3.12. The molecule has 0 unspecified atom stereocenters. The lowest BCUT2D eigenvalue weighted by molar-refractivity contribution is 0.0933. The summed E-state index contributed by atoms with van der Waals surface area (Å²) in [6, 6.07) is 9.80. The summed E-state index contributed by atoms with van der Waals surface area (Å²) in [6.45, 7) is 1.75. The van der Waals surface area contributed by atoms with Gasteiger partial charge in [-0.25, -0.2) is 13.8 Å². The number of benzene rings is 2. The fourth-order valence-electron chi connectivity index (χ4n) is 2.58. The molecule has 0 aliphatic carbocycles. The van der Waals surface area contributed by atoms with Crippen LogP contribution in [0.2, 0.25) is 0 Å². The topological polar surface area (TPSA) is 56.1 Å². The predicted molar refractivity (Wildman–Crippen MR) is 92.4 cm³/mol. The third-order valence-electron chi connectivity index (χ3n) is 4.00. The summed E-state index contributed by atoms with van der Waals surface area (Å²) in [4.78, 5) is 16.6. The maximum atomic E-state index is 13.9. The molecule has 7 heteroatoms. The Hall–Kier alpha value is -3.22. The number of ether oxygens (including phenoxy) is 1. The van der Waals surface area contributed by atoms with Crippen molar-refractivity contribution in [1.29, 1.82) is 0 Å². The summed E-state index contributed by atoms with van der Waals surface area (Å²) in [5, 5.41) is 2.80. The molecule has 1 heterocycles. The molecule has 5 nitrogen and oxygen atoms in total. The van der Waals surface area contributed by atoms with Crippen LogP contribution in [0.15, 0.2) is 55.0 Å². The van der Waals surface area contributed by atoms with E-state index in [2.05, 4.69) is 10.3 Å². The Bertz CT molecular complexity index is 923. The van der Waals surface area contributed by atoms with Gasteiger partial charge in [0.05, 0.1) is 25.7 Å². The van der Waals surface area contributed by atoms with Crippen LogP contribution in [0, 0.1) is 11.6 Å². The van der Waals surface area contributed by atoms with E-state index >= 15 is 0 Å². The molecule has 0 saturated heterocycles. The van der Waals surface area contributed by atoms with Gasteiger partial charge in [0.15, 0.2) is 11.6 Å². The molecule has 1 amide bonds. The number of nitrogens with one attached hydrogen (secondary N) is 1. The highest BCUT2D eigenvalue weighted by molar-refractivity contribution is 5.93. The first-order chi connectivity index (χ1) is 12.5. The zero-order valence-electron chi connectivity index (χ0n) is 14.2. The minimum atomic E-state index is -0.498. The van der Waals surface area contributed by atoms with Crippen LogP contribution in [0.25, 0.3) is 5.69 Å². The summed E-state index contributed by atoms with van der Waals surface area (Å²) >= 11 is 0. The Balaban J connectivity index is 1.79. The second kappa shape index (κ2) is 7.35. The van der Waals surface area contributed by atoms with Crippen molar-refractivity contribution >= 4 is 5.91 Å². The molecule has 2 aromatic carbocycles. The van der Waals surface area contributed by atoms with Crippen LogP contribution in [0.1, 0.15) is 29.0 Å².